The number of halogens is 1. The van der Waals surface area contributed by atoms with Gasteiger partial charge >= 0.3 is 0 Å². The molecule has 0 aromatic heterocycles. The van der Waals surface area contributed by atoms with Gasteiger partial charge in [0, 0.05) is 4.83 Å². The van der Waals surface area contributed by atoms with E-state index in [1.165, 1.54) is 32.1 Å². The molecule has 3 aliphatic rings. The first kappa shape index (κ1) is 17.0. The number of alkyl halides is 1. The number of hydrogen-bond donors (Lipinski definition) is 1. The van der Waals surface area contributed by atoms with Gasteiger partial charge in [-0.25, -0.2) is 0 Å². The van der Waals surface area contributed by atoms with Crippen LogP contribution in [0.5, 0.6) is 0 Å². The Morgan fingerprint density at radius 2 is 1.82 bits per heavy atom. The Labute approximate surface area is 145 Å². The fourth-order valence-electron chi connectivity index (χ4n) is 6.02. The van der Waals surface area contributed by atoms with E-state index in [0.717, 1.165) is 12.8 Å². The molecule has 0 heterocycles. The molecule has 2 fully saturated rings. The zero-order valence-electron chi connectivity index (χ0n) is 15.0. The SMILES string of the molecule is CC1=C(C(C)C)CCC12CCC1(C)C(Br)CCC(C)(O)C1C2. The summed E-state index contributed by atoms with van der Waals surface area (Å²) in [5.74, 6) is 1.11. The fraction of sp³-hybridized carbons (Fsp3) is 0.900. The van der Waals surface area contributed by atoms with Gasteiger partial charge in [0.1, 0.15) is 0 Å². The highest BCUT2D eigenvalue weighted by Gasteiger charge is 2.58. The van der Waals surface area contributed by atoms with Crippen LogP contribution in [0.1, 0.15) is 79.6 Å². The highest BCUT2D eigenvalue weighted by molar-refractivity contribution is 9.09. The third-order valence-corrected chi connectivity index (χ3v) is 9.25. The van der Waals surface area contributed by atoms with Gasteiger partial charge in [0.2, 0.25) is 0 Å². The number of fused-ring (bicyclic) bond motifs is 1. The largest absolute Gasteiger partial charge is 0.390 e. The lowest BCUT2D eigenvalue weighted by Gasteiger charge is -2.59. The number of hydrogen-bond acceptors (Lipinski definition) is 1. The second-order valence-electron chi connectivity index (χ2n) is 9.21. The van der Waals surface area contributed by atoms with Crippen molar-refractivity contribution in [2.75, 3.05) is 0 Å². The number of rotatable bonds is 1. The molecule has 0 amide bonds. The van der Waals surface area contributed by atoms with Gasteiger partial charge in [-0.1, -0.05) is 47.8 Å². The van der Waals surface area contributed by atoms with E-state index in [4.69, 9.17) is 0 Å². The molecule has 1 N–H and O–H groups in total. The summed E-state index contributed by atoms with van der Waals surface area (Å²) in [5.41, 5.74) is 3.53. The van der Waals surface area contributed by atoms with Gasteiger partial charge < -0.3 is 5.11 Å². The maximum Gasteiger partial charge on any atom is 0.0654 e. The maximum absolute atomic E-state index is 11.1. The maximum atomic E-state index is 11.1. The molecule has 0 saturated heterocycles. The van der Waals surface area contributed by atoms with E-state index in [-0.39, 0.29) is 5.41 Å². The fourth-order valence-corrected chi connectivity index (χ4v) is 6.79. The second kappa shape index (κ2) is 5.34. The number of allylic oxidation sites excluding steroid dienone is 2. The zero-order valence-corrected chi connectivity index (χ0v) is 16.6. The van der Waals surface area contributed by atoms with Gasteiger partial charge in [-0.15, -0.1) is 0 Å². The molecule has 3 rings (SSSR count). The van der Waals surface area contributed by atoms with Crippen molar-refractivity contribution in [2.45, 2.75) is 90.0 Å². The third kappa shape index (κ3) is 2.35. The lowest BCUT2D eigenvalue weighted by molar-refractivity contribution is -0.130. The standard InChI is InChI=1S/C20H33BrO/c1-13(2)15-6-9-20(14(15)3)11-10-18(4)16(12-20)19(5,22)8-7-17(18)21/h13,16-17,22H,6-12H2,1-5H3. The predicted molar refractivity (Wildman–Crippen MR) is 97.2 cm³/mol. The van der Waals surface area contributed by atoms with E-state index in [1.54, 1.807) is 11.1 Å². The number of aliphatic hydroxyl groups is 1. The molecule has 5 atom stereocenters. The average Bonchev–Trinajstić information content (AvgIpc) is 2.75. The lowest BCUT2D eigenvalue weighted by atomic mass is 9.49. The van der Waals surface area contributed by atoms with Crippen LogP contribution in [0.2, 0.25) is 0 Å². The molecule has 2 heteroatoms. The van der Waals surface area contributed by atoms with E-state index in [9.17, 15) is 5.11 Å². The molecule has 1 nitrogen and oxygen atoms in total. The first-order chi connectivity index (χ1) is 10.1. The summed E-state index contributed by atoms with van der Waals surface area (Å²) >= 11 is 3.96. The molecule has 5 unspecified atom stereocenters. The van der Waals surface area contributed by atoms with Crippen LogP contribution in [-0.2, 0) is 0 Å². The van der Waals surface area contributed by atoms with Gasteiger partial charge in [-0.05, 0) is 81.5 Å². The Morgan fingerprint density at radius 1 is 1.14 bits per heavy atom. The molecular weight excluding hydrogens is 336 g/mol. The molecule has 0 aromatic rings. The topological polar surface area (TPSA) is 20.2 Å². The molecule has 126 valence electrons. The molecular formula is C20H33BrO. The second-order valence-corrected chi connectivity index (χ2v) is 10.3. The van der Waals surface area contributed by atoms with E-state index in [2.05, 4.69) is 50.5 Å². The predicted octanol–water partition coefficient (Wildman–Crippen LogP) is 5.85. The van der Waals surface area contributed by atoms with Gasteiger partial charge in [-0.2, -0.15) is 0 Å². The average molecular weight is 369 g/mol. The van der Waals surface area contributed by atoms with Crippen LogP contribution in [0, 0.1) is 22.7 Å². The van der Waals surface area contributed by atoms with Crippen molar-refractivity contribution in [1.29, 1.82) is 0 Å². The molecule has 0 bridgehead atoms. The molecule has 22 heavy (non-hydrogen) atoms. The summed E-state index contributed by atoms with van der Waals surface area (Å²) in [4.78, 5) is 0.567. The van der Waals surface area contributed by atoms with Crippen molar-refractivity contribution in [2.24, 2.45) is 22.7 Å². The van der Waals surface area contributed by atoms with E-state index in [1.807, 2.05) is 0 Å². The summed E-state index contributed by atoms with van der Waals surface area (Å²) in [5, 5.41) is 11.1. The minimum Gasteiger partial charge on any atom is -0.390 e. The van der Waals surface area contributed by atoms with E-state index in [0.29, 0.717) is 22.1 Å². The Balaban J connectivity index is 1.95. The summed E-state index contributed by atoms with van der Waals surface area (Å²) in [7, 11) is 0. The van der Waals surface area contributed by atoms with Crippen molar-refractivity contribution < 1.29 is 5.11 Å². The van der Waals surface area contributed by atoms with Crippen LogP contribution in [0.3, 0.4) is 0 Å². The minimum absolute atomic E-state index is 0.258. The molecule has 2 saturated carbocycles. The zero-order chi connectivity index (χ0) is 16.3. The monoisotopic (exact) mass is 368 g/mol. The molecule has 0 radical (unpaired) electrons. The molecule has 0 aromatic carbocycles. The van der Waals surface area contributed by atoms with Crippen LogP contribution in [0.25, 0.3) is 0 Å². The van der Waals surface area contributed by atoms with Crippen LogP contribution >= 0.6 is 15.9 Å². The summed E-state index contributed by atoms with van der Waals surface area (Å²) in [6.07, 6.45) is 8.43. The Bertz CT molecular complexity index is 492. The smallest absolute Gasteiger partial charge is 0.0654 e. The van der Waals surface area contributed by atoms with E-state index < -0.39 is 5.60 Å². The van der Waals surface area contributed by atoms with Gasteiger partial charge in [0.05, 0.1) is 5.60 Å². The Hall–Kier alpha value is 0.180. The van der Waals surface area contributed by atoms with Crippen LogP contribution in [0.4, 0.5) is 0 Å². The van der Waals surface area contributed by atoms with Crippen LogP contribution in [-0.4, -0.2) is 15.5 Å². The molecule has 1 spiro atoms. The Morgan fingerprint density at radius 3 is 2.41 bits per heavy atom. The highest BCUT2D eigenvalue weighted by Crippen LogP contribution is 2.64. The van der Waals surface area contributed by atoms with Crippen LogP contribution < -0.4 is 0 Å². The van der Waals surface area contributed by atoms with Crippen molar-refractivity contribution >= 4 is 15.9 Å². The minimum atomic E-state index is -0.493. The van der Waals surface area contributed by atoms with Crippen molar-refractivity contribution in [3.8, 4) is 0 Å². The summed E-state index contributed by atoms with van der Waals surface area (Å²) < 4.78 is 0. The lowest BCUT2D eigenvalue weighted by Crippen LogP contribution is -2.57. The summed E-state index contributed by atoms with van der Waals surface area (Å²) in [6, 6.07) is 0. The van der Waals surface area contributed by atoms with Crippen molar-refractivity contribution in [1.82, 2.24) is 0 Å². The summed E-state index contributed by atoms with van der Waals surface area (Å²) in [6.45, 7) is 11.6. The first-order valence-corrected chi connectivity index (χ1v) is 10.1. The third-order valence-electron chi connectivity index (χ3n) is 7.75. The molecule has 0 aliphatic heterocycles. The van der Waals surface area contributed by atoms with Gasteiger partial charge in [0.25, 0.3) is 0 Å². The van der Waals surface area contributed by atoms with Gasteiger partial charge in [-0.3, -0.25) is 0 Å². The quantitative estimate of drug-likeness (QED) is 0.454. The first-order valence-electron chi connectivity index (χ1n) is 9.19. The van der Waals surface area contributed by atoms with Crippen molar-refractivity contribution in [3.63, 3.8) is 0 Å². The Kier molecular flexibility index (Phi) is 4.13. The normalized spacial score (nSPS) is 49.1. The van der Waals surface area contributed by atoms with Crippen molar-refractivity contribution in [3.05, 3.63) is 11.1 Å². The van der Waals surface area contributed by atoms with Crippen LogP contribution in [0.15, 0.2) is 11.1 Å². The molecule has 3 aliphatic carbocycles. The van der Waals surface area contributed by atoms with Gasteiger partial charge in [0.15, 0.2) is 0 Å². The van der Waals surface area contributed by atoms with E-state index >= 15 is 0 Å². The highest BCUT2D eigenvalue weighted by atomic mass is 79.9.